The Morgan fingerprint density at radius 3 is 2.57 bits per heavy atom. The normalized spacial score (nSPS) is 9.87. The number of anilines is 1. The van der Waals surface area contributed by atoms with Gasteiger partial charge in [-0.05, 0) is 42.5 Å². The highest BCUT2D eigenvalue weighted by Gasteiger charge is 2.11. The first kappa shape index (κ1) is 17.2. The van der Waals surface area contributed by atoms with Gasteiger partial charge in [-0.2, -0.15) is 0 Å². The molecule has 2 rings (SSSR count). The standard InChI is InChI=1S/C16H15BrN2O3S/c1-21-12-6-7-14(22-2)13(9-12)18-16(23)19-15(20)10-4-3-5-11(17)8-10/h3-9H,1-2H3,(H2,18,19,20,23). The third kappa shape index (κ3) is 4.67. The molecule has 7 heteroatoms. The molecule has 0 heterocycles. The zero-order valence-corrected chi connectivity index (χ0v) is 15.0. The van der Waals surface area contributed by atoms with Gasteiger partial charge in [-0.3, -0.25) is 10.1 Å². The number of ether oxygens (including phenoxy) is 2. The molecule has 2 aromatic rings. The van der Waals surface area contributed by atoms with Gasteiger partial charge in [0.1, 0.15) is 11.5 Å². The third-order valence-corrected chi connectivity index (χ3v) is 3.67. The Balaban J connectivity index is 2.09. The van der Waals surface area contributed by atoms with E-state index in [0.29, 0.717) is 22.7 Å². The highest BCUT2D eigenvalue weighted by Crippen LogP contribution is 2.28. The van der Waals surface area contributed by atoms with Crippen molar-refractivity contribution in [1.29, 1.82) is 0 Å². The fraction of sp³-hybridized carbons (Fsp3) is 0.125. The average molecular weight is 395 g/mol. The van der Waals surface area contributed by atoms with Gasteiger partial charge in [0.05, 0.1) is 19.9 Å². The number of thiocarbonyl (C=S) groups is 1. The van der Waals surface area contributed by atoms with E-state index in [0.717, 1.165) is 4.47 Å². The monoisotopic (exact) mass is 394 g/mol. The first-order valence-corrected chi connectivity index (χ1v) is 7.83. The SMILES string of the molecule is COc1ccc(OC)c(NC(=S)NC(=O)c2cccc(Br)c2)c1. The van der Waals surface area contributed by atoms with E-state index in [4.69, 9.17) is 21.7 Å². The zero-order chi connectivity index (χ0) is 16.8. The van der Waals surface area contributed by atoms with Crippen LogP contribution in [0.3, 0.4) is 0 Å². The Bertz CT molecular complexity index is 737. The molecular weight excluding hydrogens is 380 g/mol. The van der Waals surface area contributed by atoms with Crippen LogP contribution in [0.25, 0.3) is 0 Å². The van der Waals surface area contributed by atoms with Crippen molar-refractivity contribution in [2.24, 2.45) is 0 Å². The maximum Gasteiger partial charge on any atom is 0.257 e. The van der Waals surface area contributed by atoms with Gasteiger partial charge in [0, 0.05) is 16.1 Å². The number of carbonyl (C=O) groups excluding carboxylic acids is 1. The maximum absolute atomic E-state index is 12.2. The molecule has 1 amide bonds. The van der Waals surface area contributed by atoms with Gasteiger partial charge >= 0.3 is 0 Å². The minimum atomic E-state index is -0.300. The second-order valence-electron chi connectivity index (χ2n) is 4.48. The number of halogens is 1. The fourth-order valence-corrected chi connectivity index (χ4v) is 2.47. The van der Waals surface area contributed by atoms with Gasteiger partial charge in [-0.25, -0.2) is 0 Å². The average Bonchev–Trinajstić information content (AvgIpc) is 2.54. The summed E-state index contributed by atoms with van der Waals surface area (Å²) in [4.78, 5) is 12.2. The molecule has 0 atom stereocenters. The van der Waals surface area contributed by atoms with Crippen LogP contribution in [-0.2, 0) is 0 Å². The molecule has 0 aliphatic heterocycles. The number of hydrogen-bond donors (Lipinski definition) is 2. The molecule has 0 aliphatic rings. The first-order valence-electron chi connectivity index (χ1n) is 6.63. The van der Waals surface area contributed by atoms with E-state index in [9.17, 15) is 4.79 Å². The van der Waals surface area contributed by atoms with Gasteiger partial charge < -0.3 is 14.8 Å². The molecule has 0 unspecified atom stereocenters. The molecule has 0 saturated heterocycles. The van der Waals surface area contributed by atoms with Crippen molar-refractivity contribution in [1.82, 2.24) is 5.32 Å². The van der Waals surface area contributed by atoms with E-state index in [1.54, 1.807) is 50.6 Å². The van der Waals surface area contributed by atoms with E-state index >= 15 is 0 Å². The van der Waals surface area contributed by atoms with Crippen LogP contribution in [0.2, 0.25) is 0 Å². The van der Waals surface area contributed by atoms with Gasteiger partial charge in [0.25, 0.3) is 5.91 Å². The number of nitrogens with one attached hydrogen (secondary N) is 2. The Kier molecular flexibility index (Phi) is 5.95. The Labute approximate surface area is 148 Å². The van der Waals surface area contributed by atoms with Crippen LogP contribution in [-0.4, -0.2) is 25.2 Å². The largest absolute Gasteiger partial charge is 0.497 e. The van der Waals surface area contributed by atoms with Crippen LogP contribution in [0.5, 0.6) is 11.5 Å². The quantitative estimate of drug-likeness (QED) is 0.775. The third-order valence-electron chi connectivity index (χ3n) is 2.97. The molecule has 0 aromatic heterocycles. The van der Waals surface area contributed by atoms with Gasteiger partial charge in [0.2, 0.25) is 0 Å². The molecule has 2 N–H and O–H groups in total. The summed E-state index contributed by atoms with van der Waals surface area (Å²) in [7, 11) is 3.12. The van der Waals surface area contributed by atoms with E-state index in [1.807, 2.05) is 6.07 Å². The van der Waals surface area contributed by atoms with Crippen LogP contribution >= 0.6 is 28.1 Å². The van der Waals surface area contributed by atoms with Crippen LogP contribution < -0.4 is 20.1 Å². The van der Waals surface area contributed by atoms with Gasteiger partial charge in [-0.15, -0.1) is 0 Å². The topological polar surface area (TPSA) is 59.6 Å². The molecule has 0 aliphatic carbocycles. The first-order chi connectivity index (χ1) is 11.0. The van der Waals surface area contributed by atoms with E-state index in [2.05, 4.69) is 26.6 Å². The van der Waals surface area contributed by atoms with Crippen molar-refractivity contribution in [3.63, 3.8) is 0 Å². The number of carbonyl (C=O) groups is 1. The van der Waals surface area contributed by atoms with Crippen molar-refractivity contribution in [3.8, 4) is 11.5 Å². The van der Waals surface area contributed by atoms with Crippen molar-refractivity contribution in [2.75, 3.05) is 19.5 Å². The van der Waals surface area contributed by atoms with Gasteiger partial charge in [0.15, 0.2) is 5.11 Å². The zero-order valence-electron chi connectivity index (χ0n) is 12.6. The lowest BCUT2D eigenvalue weighted by Crippen LogP contribution is -2.34. The Morgan fingerprint density at radius 2 is 1.91 bits per heavy atom. The Morgan fingerprint density at radius 1 is 1.13 bits per heavy atom. The molecule has 2 aromatic carbocycles. The summed E-state index contributed by atoms with van der Waals surface area (Å²) in [6.45, 7) is 0. The number of amides is 1. The predicted molar refractivity (Wildman–Crippen MR) is 97.4 cm³/mol. The summed E-state index contributed by atoms with van der Waals surface area (Å²) in [5.74, 6) is 0.935. The minimum absolute atomic E-state index is 0.168. The van der Waals surface area contributed by atoms with Crippen molar-refractivity contribution in [3.05, 3.63) is 52.5 Å². The number of rotatable bonds is 4. The summed E-state index contributed by atoms with van der Waals surface area (Å²) in [5, 5.41) is 5.73. The number of hydrogen-bond acceptors (Lipinski definition) is 4. The summed E-state index contributed by atoms with van der Waals surface area (Å²) in [6, 6.07) is 12.3. The smallest absolute Gasteiger partial charge is 0.257 e. The molecule has 0 bridgehead atoms. The minimum Gasteiger partial charge on any atom is -0.497 e. The molecule has 0 fully saturated rings. The van der Waals surface area contributed by atoms with E-state index in [-0.39, 0.29) is 11.0 Å². The molecule has 5 nitrogen and oxygen atoms in total. The lowest BCUT2D eigenvalue weighted by Gasteiger charge is -2.14. The molecule has 0 spiro atoms. The van der Waals surface area contributed by atoms with Crippen LogP contribution in [0, 0.1) is 0 Å². The fourth-order valence-electron chi connectivity index (χ4n) is 1.87. The Hall–Kier alpha value is -2.12. The molecule has 0 saturated carbocycles. The number of methoxy groups -OCH3 is 2. The summed E-state index contributed by atoms with van der Waals surface area (Å²) in [5.41, 5.74) is 1.10. The van der Waals surface area contributed by atoms with E-state index < -0.39 is 0 Å². The van der Waals surface area contributed by atoms with Gasteiger partial charge in [-0.1, -0.05) is 22.0 Å². The summed E-state index contributed by atoms with van der Waals surface area (Å²) < 4.78 is 11.2. The highest BCUT2D eigenvalue weighted by molar-refractivity contribution is 9.10. The van der Waals surface area contributed by atoms with Crippen molar-refractivity contribution >= 4 is 44.9 Å². The number of benzene rings is 2. The van der Waals surface area contributed by atoms with Crippen LogP contribution in [0.15, 0.2) is 46.9 Å². The highest BCUT2D eigenvalue weighted by atomic mass is 79.9. The second-order valence-corrected chi connectivity index (χ2v) is 5.81. The predicted octanol–water partition coefficient (Wildman–Crippen LogP) is 3.59. The van der Waals surface area contributed by atoms with Crippen molar-refractivity contribution < 1.29 is 14.3 Å². The molecule has 23 heavy (non-hydrogen) atoms. The molecule has 0 radical (unpaired) electrons. The van der Waals surface area contributed by atoms with Crippen molar-refractivity contribution in [2.45, 2.75) is 0 Å². The van der Waals surface area contributed by atoms with Crippen LogP contribution in [0.4, 0.5) is 5.69 Å². The van der Waals surface area contributed by atoms with Crippen LogP contribution in [0.1, 0.15) is 10.4 Å². The summed E-state index contributed by atoms with van der Waals surface area (Å²) >= 11 is 8.51. The lowest BCUT2D eigenvalue weighted by molar-refractivity contribution is 0.0977. The maximum atomic E-state index is 12.2. The lowest BCUT2D eigenvalue weighted by atomic mass is 10.2. The second kappa shape index (κ2) is 7.94. The molecular formula is C16H15BrN2O3S. The van der Waals surface area contributed by atoms with E-state index in [1.165, 1.54) is 0 Å². The molecule has 120 valence electrons. The summed E-state index contributed by atoms with van der Waals surface area (Å²) in [6.07, 6.45) is 0.